The molecule has 0 bridgehead atoms. The van der Waals surface area contributed by atoms with Crippen molar-refractivity contribution in [3.8, 4) is 0 Å². The molecule has 1 atom stereocenters. The van der Waals surface area contributed by atoms with Gasteiger partial charge in [-0.15, -0.1) is 23.1 Å². The Morgan fingerprint density at radius 3 is 2.52 bits per heavy atom. The molecule has 10 heteroatoms. The van der Waals surface area contributed by atoms with Crippen molar-refractivity contribution in [3.63, 3.8) is 0 Å². The van der Waals surface area contributed by atoms with E-state index in [9.17, 15) is 17.6 Å². The third-order valence-corrected chi connectivity index (χ3v) is 9.68. The van der Waals surface area contributed by atoms with E-state index in [1.807, 2.05) is 4.90 Å². The fourth-order valence-electron chi connectivity index (χ4n) is 3.61. The molecule has 2 saturated heterocycles. The minimum Gasteiger partial charge on any atom is -0.325 e. The number of nitrogens with zero attached hydrogens (tertiary/aromatic N) is 3. The summed E-state index contributed by atoms with van der Waals surface area (Å²) in [6.45, 7) is 2.54. The predicted octanol–water partition coefficient (Wildman–Crippen LogP) is 2.47. The Morgan fingerprint density at radius 1 is 1.07 bits per heavy atom. The van der Waals surface area contributed by atoms with Crippen LogP contribution in [0.25, 0.3) is 0 Å². The van der Waals surface area contributed by atoms with Gasteiger partial charge in [0.05, 0.1) is 6.54 Å². The quantitative estimate of drug-likeness (QED) is 0.693. The van der Waals surface area contributed by atoms with Gasteiger partial charge >= 0.3 is 0 Å². The molecule has 2 aromatic rings. The first kappa shape index (κ1) is 20.8. The Balaban J connectivity index is 1.36. The zero-order valence-electron chi connectivity index (χ0n) is 15.7. The standard InChI is InChI=1S/C19H22FN3O3S3/c20-16-5-2-1-4-15(16)19-23(11-13-28-19)17(24)14-21-7-9-22(10-8-21)29(25,26)18-6-3-12-27-18/h1-6,12,19H,7-11,13-14H2. The Kier molecular flexibility index (Phi) is 6.26. The number of thioether (sulfide) groups is 1. The number of sulfonamides is 1. The molecule has 0 saturated carbocycles. The van der Waals surface area contributed by atoms with Crippen molar-refractivity contribution in [2.24, 2.45) is 0 Å². The highest BCUT2D eigenvalue weighted by atomic mass is 32.2. The van der Waals surface area contributed by atoms with Crippen LogP contribution in [0.1, 0.15) is 10.9 Å². The minimum absolute atomic E-state index is 0.0437. The molecule has 4 rings (SSSR count). The lowest BCUT2D eigenvalue weighted by Crippen LogP contribution is -2.51. The smallest absolute Gasteiger partial charge is 0.252 e. The fourth-order valence-corrected chi connectivity index (χ4v) is 7.47. The van der Waals surface area contributed by atoms with Crippen molar-refractivity contribution in [1.82, 2.24) is 14.1 Å². The maximum atomic E-state index is 14.2. The van der Waals surface area contributed by atoms with E-state index < -0.39 is 10.0 Å². The summed E-state index contributed by atoms with van der Waals surface area (Å²) in [6.07, 6.45) is 0. The van der Waals surface area contributed by atoms with E-state index in [1.165, 1.54) is 21.7 Å². The van der Waals surface area contributed by atoms with E-state index in [0.717, 1.165) is 5.75 Å². The highest BCUT2D eigenvalue weighted by Gasteiger charge is 2.34. The van der Waals surface area contributed by atoms with Crippen LogP contribution in [-0.2, 0) is 14.8 Å². The van der Waals surface area contributed by atoms with Crippen LogP contribution in [-0.4, -0.2) is 73.5 Å². The third-order valence-electron chi connectivity index (χ3n) is 5.16. The normalized spacial score (nSPS) is 21.6. The first-order valence-corrected chi connectivity index (χ1v) is 12.7. The van der Waals surface area contributed by atoms with Crippen LogP contribution in [0.15, 0.2) is 46.0 Å². The molecule has 2 aliphatic rings. The van der Waals surface area contributed by atoms with Crippen molar-refractivity contribution >= 4 is 39.0 Å². The lowest BCUT2D eigenvalue weighted by molar-refractivity contribution is -0.132. The molecular weight excluding hydrogens is 433 g/mol. The van der Waals surface area contributed by atoms with Crippen LogP contribution in [0.2, 0.25) is 0 Å². The molecule has 1 amide bonds. The largest absolute Gasteiger partial charge is 0.325 e. The molecule has 0 radical (unpaired) electrons. The molecular formula is C19H22FN3O3S3. The van der Waals surface area contributed by atoms with Crippen molar-refractivity contribution in [2.75, 3.05) is 45.0 Å². The first-order valence-electron chi connectivity index (χ1n) is 9.38. The van der Waals surface area contributed by atoms with Crippen LogP contribution in [0.4, 0.5) is 4.39 Å². The SMILES string of the molecule is O=C(CN1CCN(S(=O)(=O)c2cccs2)CC1)N1CCSC1c1ccccc1F. The van der Waals surface area contributed by atoms with Gasteiger partial charge in [-0.3, -0.25) is 9.69 Å². The van der Waals surface area contributed by atoms with Gasteiger partial charge in [-0.2, -0.15) is 4.31 Å². The fraction of sp³-hybridized carbons (Fsp3) is 0.421. The molecule has 1 aromatic carbocycles. The molecule has 6 nitrogen and oxygen atoms in total. The van der Waals surface area contributed by atoms with Gasteiger partial charge in [-0.1, -0.05) is 24.3 Å². The molecule has 0 spiro atoms. The molecule has 3 heterocycles. The van der Waals surface area contributed by atoms with Gasteiger partial charge in [-0.05, 0) is 17.5 Å². The number of benzene rings is 1. The monoisotopic (exact) mass is 455 g/mol. The molecule has 1 aromatic heterocycles. The second-order valence-corrected chi connectivity index (χ2v) is 11.2. The van der Waals surface area contributed by atoms with Crippen molar-refractivity contribution in [3.05, 3.63) is 53.2 Å². The molecule has 29 heavy (non-hydrogen) atoms. The number of carbonyl (C=O) groups is 1. The van der Waals surface area contributed by atoms with Crippen LogP contribution in [0.5, 0.6) is 0 Å². The molecule has 0 aliphatic carbocycles. The highest BCUT2D eigenvalue weighted by Crippen LogP contribution is 2.39. The van der Waals surface area contributed by atoms with Gasteiger partial charge in [0.1, 0.15) is 15.4 Å². The number of halogens is 1. The summed E-state index contributed by atoms with van der Waals surface area (Å²) in [6, 6.07) is 9.93. The van der Waals surface area contributed by atoms with Gasteiger partial charge < -0.3 is 4.90 Å². The molecule has 2 fully saturated rings. The summed E-state index contributed by atoms with van der Waals surface area (Å²) in [7, 11) is -3.45. The number of thiophene rings is 1. The van der Waals surface area contributed by atoms with Gasteiger partial charge in [0.2, 0.25) is 5.91 Å². The van der Waals surface area contributed by atoms with Gasteiger partial charge in [0, 0.05) is 44.0 Å². The summed E-state index contributed by atoms with van der Waals surface area (Å²) >= 11 is 2.78. The number of piperazine rings is 1. The van der Waals surface area contributed by atoms with E-state index in [1.54, 1.807) is 52.4 Å². The summed E-state index contributed by atoms with van der Waals surface area (Å²) in [5.74, 6) is 0.437. The predicted molar refractivity (Wildman–Crippen MR) is 113 cm³/mol. The van der Waals surface area contributed by atoms with Gasteiger partial charge in [0.25, 0.3) is 10.0 Å². The van der Waals surface area contributed by atoms with Crippen LogP contribution < -0.4 is 0 Å². The van der Waals surface area contributed by atoms with Crippen molar-refractivity contribution in [2.45, 2.75) is 9.58 Å². The Hall–Kier alpha value is -1.46. The average molecular weight is 456 g/mol. The maximum absolute atomic E-state index is 14.2. The summed E-state index contributed by atoms with van der Waals surface area (Å²) in [4.78, 5) is 16.6. The number of hydrogen-bond acceptors (Lipinski definition) is 6. The van der Waals surface area contributed by atoms with E-state index in [4.69, 9.17) is 0 Å². The third kappa shape index (κ3) is 4.36. The summed E-state index contributed by atoms with van der Waals surface area (Å²) in [5.41, 5.74) is 0.537. The van der Waals surface area contributed by atoms with E-state index in [2.05, 4.69) is 0 Å². The van der Waals surface area contributed by atoms with Crippen molar-refractivity contribution < 1.29 is 17.6 Å². The molecule has 2 aliphatic heterocycles. The summed E-state index contributed by atoms with van der Waals surface area (Å²) in [5, 5.41) is 1.45. The number of hydrogen-bond donors (Lipinski definition) is 0. The number of rotatable bonds is 5. The lowest BCUT2D eigenvalue weighted by Gasteiger charge is -2.34. The van der Waals surface area contributed by atoms with E-state index >= 15 is 0 Å². The van der Waals surface area contributed by atoms with E-state index in [0.29, 0.717) is 42.5 Å². The average Bonchev–Trinajstić information content (AvgIpc) is 3.41. The minimum atomic E-state index is -3.45. The highest BCUT2D eigenvalue weighted by molar-refractivity contribution is 7.99. The Morgan fingerprint density at radius 2 is 1.83 bits per heavy atom. The Bertz CT molecular complexity index is 960. The van der Waals surface area contributed by atoms with Crippen LogP contribution in [0, 0.1) is 5.82 Å². The first-order chi connectivity index (χ1) is 14.0. The number of carbonyl (C=O) groups excluding carboxylic acids is 1. The molecule has 0 N–H and O–H groups in total. The van der Waals surface area contributed by atoms with E-state index in [-0.39, 0.29) is 23.6 Å². The second-order valence-electron chi connectivity index (χ2n) is 6.94. The molecule has 1 unspecified atom stereocenters. The maximum Gasteiger partial charge on any atom is 0.252 e. The van der Waals surface area contributed by atoms with Crippen LogP contribution >= 0.6 is 23.1 Å². The van der Waals surface area contributed by atoms with Crippen molar-refractivity contribution in [1.29, 1.82) is 0 Å². The van der Waals surface area contributed by atoms with Gasteiger partial charge in [-0.25, -0.2) is 12.8 Å². The molecule has 156 valence electrons. The zero-order chi connectivity index (χ0) is 20.4. The van der Waals surface area contributed by atoms with Gasteiger partial charge in [0.15, 0.2) is 0 Å². The Labute approximate surface area is 178 Å². The lowest BCUT2D eigenvalue weighted by atomic mass is 10.2. The van der Waals surface area contributed by atoms with Crippen LogP contribution in [0.3, 0.4) is 0 Å². The second kappa shape index (κ2) is 8.73. The summed E-state index contributed by atoms with van der Waals surface area (Å²) < 4.78 is 41.3. The number of amides is 1. The zero-order valence-corrected chi connectivity index (χ0v) is 18.2. The topological polar surface area (TPSA) is 60.9 Å².